The number of carbonyl (C=O) groups excluding carboxylic acids is 1. The molecule has 1 N–H and O–H groups in total. The first-order valence-corrected chi connectivity index (χ1v) is 9.24. The molecule has 2 aromatic carbocycles. The molecule has 6 heteroatoms. The highest BCUT2D eigenvalue weighted by molar-refractivity contribution is 6.29. The zero-order valence-electron chi connectivity index (χ0n) is 15.0. The fraction of sp³-hybridized carbons (Fsp3) is 0.0909. The summed E-state index contributed by atoms with van der Waals surface area (Å²) in [7, 11) is 0. The van der Waals surface area contributed by atoms with Crippen LogP contribution in [0.15, 0.2) is 79.0 Å². The van der Waals surface area contributed by atoms with Gasteiger partial charge in [0, 0.05) is 11.8 Å². The molecule has 0 atom stereocenters. The van der Waals surface area contributed by atoms with Gasteiger partial charge in [-0.1, -0.05) is 48.0 Å². The Labute approximate surface area is 167 Å². The second-order valence-electron chi connectivity index (χ2n) is 6.29. The Kier molecular flexibility index (Phi) is 5.26. The van der Waals surface area contributed by atoms with Crippen LogP contribution < -0.4 is 10.1 Å². The van der Waals surface area contributed by atoms with E-state index in [1.807, 2.05) is 48.7 Å². The molecule has 0 aliphatic rings. The number of amides is 1. The molecule has 0 spiro atoms. The Morgan fingerprint density at radius 3 is 2.54 bits per heavy atom. The number of carbonyl (C=O) groups is 1. The lowest BCUT2D eigenvalue weighted by Gasteiger charge is -2.07. The first-order chi connectivity index (χ1) is 13.7. The number of nitrogens with one attached hydrogen (secondary N) is 1. The average molecular weight is 392 g/mol. The second-order valence-corrected chi connectivity index (χ2v) is 6.68. The lowest BCUT2D eigenvalue weighted by Crippen LogP contribution is -2.22. The van der Waals surface area contributed by atoms with Crippen LogP contribution in [0.1, 0.15) is 21.6 Å². The maximum atomic E-state index is 12.4. The third-order valence-corrected chi connectivity index (χ3v) is 4.60. The molecule has 28 heavy (non-hydrogen) atoms. The number of ether oxygens (including phenoxy) is 1. The van der Waals surface area contributed by atoms with Gasteiger partial charge in [-0.2, -0.15) is 0 Å². The zero-order valence-corrected chi connectivity index (χ0v) is 15.8. The van der Waals surface area contributed by atoms with E-state index >= 15 is 0 Å². The lowest BCUT2D eigenvalue weighted by molar-refractivity contribution is 0.0950. The molecule has 0 aliphatic heterocycles. The normalized spacial score (nSPS) is 10.8. The molecule has 1 amide bonds. The molecule has 5 nitrogen and oxygen atoms in total. The van der Waals surface area contributed by atoms with Gasteiger partial charge in [0.15, 0.2) is 0 Å². The van der Waals surface area contributed by atoms with E-state index in [9.17, 15) is 4.79 Å². The summed E-state index contributed by atoms with van der Waals surface area (Å²) in [6.07, 6.45) is 1.82. The van der Waals surface area contributed by atoms with Gasteiger partial charge in [-0.05, 0) is 42.0 Å². The van der Waals surface area contributed by atoms with Crippen LogP contribution in [0.5, 0.6) is 5.75 Å². The highest BCUT2D eigenvalue weighted by atomic mass is 35.5. The van der Waals surface area contributed by atoms with E-state index in [1.165, 1.54) is 0 Å². The average Bonchev–Trinajstić information content (AvgIpc) is 3.16. The number of halogens is 1. The SMILES string of the molecule is O=C(NCc1cn2c(Cl)cccc2n1)c1ccc(OCc2ccccc2)cc1. The number of benzene rings is 2. The van der Waals surface area contributed by atoms with E-state index in [-0.39, 0.29) is 5.91 Å². The number of aromatic nitrogens is 2. The number of hydrogen-bond acceptors (Lipinski definition) is 3. The summed E-state index contributed by atoms with van der Waals surface area (Å²) in [6.45, 7) is 0.811. The Balaban J connectivity index is 1.34. The van der Waals surface area contributed by atoms with Crippen molar-refractivity contribution in [2.75, 3.05) is 0 Å². The Hall–Kier alpha value is -3.31. The summed E-state index contributed by atoms with van der Waals surface area (Å²) in [5.74, 6) is 0.549. The van der Waals surface area contributed by atoms with Crippen molar-refractivity contribution in [2.24, 2.45) is 0 Å². The Morgan fingerprint density at radius 1 is 1.00 bits per heavy atom. The first kappa shape index (κ1) is 18.1. The minimum atomic E-state index is -0.169. The Bertz CT molecular complexity index is 1090. The van der Waals surface area contributed by atoms with Crippen molar-refractivity contribution in [3.8, 4) is 5.75 Å². The van der Waals surface area contributed by atoms with Gasteiger partial charge >= 0.3 is 0 Å². The summed E-state index contributed by atoms with van der Waals surface area (Å²) >= 11 is 6.13. The van der Waals surface area contributed by atoms with E-state index in [0.29, 0.717) is 23.9 Å². The number of imidazole rings is 1. The van der Waals surface area contributed by atoms with Crippen LogP contribution in [0.3, 0.4) is 0 Å². The van der Waals surface area contributed by atoms with Gasteiger partial charge in [0.2, 0.25) is 0 Å². The van der Waals surface area contributed by atoms with Crippen LogP contribution in [0.4, 0.5) is 0 Å². The molecule has 0 saturated heterocycles. The monoisotopic (exact) mass is 391 g/mol. The summed E-state index contributed by atoms with van der Waals surface area (Å²) in [4.78, 5) is 16.8. The van der Waals surface area contributed by atoms with E-state index in [4.69, 9.17) is 16.3 Å². The third kappa shape index (κ3) is 4.15. The molecule has 4 aromatic rings. The molecule has 2 aromatic heterocycles. The molecule has 0 bridgehead atoms. The maximum Gasteiger partial charge on any atom is 0.251 e. The van der Waals surface area contributed by atoms with Crippen molar-refractivity contribution in [1.29, 1.82) is 0 Å². The molecule has 0 aliphatic carbocycles. The quantitative estimate of drug-likeness (QED) is 0.492. The number of nitrogens with zero attached hydrogens (tertiary/aromatic N) is 2. The fourth-order valence-corrected chi connectivity index (χ4v) is 3.04. The van der Waals surface area contributed by atoms with Crippen LogP contribution in [-0.4, -0.2) is 15.3 Å². The number of pyridine rings is 1. The first-order valence-electron chi connectivity index (χ1n) is 8.86. The molecule has 2 heterocycles. The van der Waals surface area contributed by atoms with Crippen LogP contribution in [0.25, 0.3) is 5.65 Å². The van der Waals surface area contributed by atoms with Gasteiger partial charge in [-0.25, -0.2) is 4.98 Å². The number of rotatable bonds is 6. The molecular formula is C22H18ClN3O2. The van der Waals surface area contributed by atoms with Crippen molar-refractivity contribution in [3.63, 3.8) is 0 Å². The van der Waals surface area contributed by atoms with E-state index < -0.39 is 0 Å². The predicted molar refractivity (Wildman–Crippen MR) is 109 cm³/mol. The fourth-order valence-electron chi connectivity index (χ4n) is 2.83. The Morgan fingerprint density at radius 2 is 1.79 bits per heavy atom. The van der Waals surface area contributed by atoms with Crippen molar-refractivity contribution in [2.45, 2.75) is 13.2 Å². The second kappa shape index (κ2) is 8.15. The highest BCUT2D eigenvalue weighted by Gasteiger charge is 2.08. The van der Waals surface area contributed by atoms with Crippen LogP contribution in [0, 0.1) is 0 Å². The van der Waals surface area contributed by atoms with Gasteiger partial charge in [0.1, 0.15) is 23.2 Å². The molecular weight excluding hydrogens is 374 g/mol. The van der Waals surface area contributed by atoms with Gasteiger partial charge in [0.05, 0.1) is 12.2 Å². The topological polar surface area (TPSA) is 55.6 Å². The third-order valence-electron chi connectivity index (χ3n) is 4.29. The number of fused-ring (bicyclic) bond motifs is 1. The summed E-state index contributed by atoms with van der Waals surface area (Å²) < 4.78 is 7.52. The van der Waals surface area contributed by atoms with E-state index in [2.05, 4.69) is 10.3 Å². The number of hydrogen-bond donors (Lipinski definition) is 1. The molecule has 140 valence electrons. The molecule has 0 unspecified atom stereocenters. The van der Waals surface area contributed by atoms with Gasteiger partial charge in [-0.3, -0.25) is 9.20 Å². The maximum absolute atomic E-state index is 12.4. The minimum absolute atomic E-state index is 0.169. The summed E-state index contributed by atoms with van der Waals surface area (Å²) in [6, 6.07) is 22.5. The van der Waals surface area contributed by atoms with Crippen molar-refractivity contribution >= 4 is 23.2 Å². The molecule has 0 saturated carbocycles. The minimum Gasteiger partial charge on any atom is -0.489 e. The molecule has 0 radical (unpaired) electrons. The largest absolute Gasteiger partial charge is 0.489 e. The smallest absolute Gasteiger partial charge is 0.251 e. The van der Waals surface area contributed by atoms with Crippen molar-refractivity contribution in [3.05, 3.63) is 101 Å². The van der Waals surface area contributed by atoms with Gasteiger partial charge in [-0.15, -0.1) is 0 Å². The van der Waals surface area contributed by atoms with Gasteiger partial charge in [0.25, 0.3) is 5.91 Å². The zero-order chi connectivity index (χ0) is 19.3. The van der Waals surface area contributed by atoms with Crippen molar-refractivity contribution in [1.82, 2.24) is 14.7 Å². The predicted octanol–water partition coefficient (Wildman–Crippen LogP) is 4.50. The molecule has 0 fully saturated rings. The highest BCUT2D eigenvalue weighted by Crippen LogP contribution is 2.15. The standard InChI is InChI=1S/C22H18ClN3O2/c23-20-7-4-8-21-25-18(14-26(20)21)13-24-22(27)17-9-11-19(12-10-17)28-15-16-5-2-1-3-6-16/h1-12,14H,13,15H2,(H,24,27). The van der Waals surface area contributed by atoms with Gasteiger partial charge < -0.3 is 10.1 Å². The lowest BCUT2D eigenvalue weighted by atomic mass is 10.2. The molecule has 4 rings (SSSR count). The summed E-state index contributed by atoms with van der Waals surface area (Å²) in [5.41, 5.74) is 3.15. The van der Waals surface area contributed by atoms with Crippen LogP contribution >= 0.6 is 11.6 Å². The van der Waals surface area contributed by atoms with Crippen molar-refractivity contribution < 1.29 is 9.53 Å². The van der Waals surface area contributed by atoms with E-state index in [0.717, 1.165) is 22.7 Å². The van der Waals surface area contributed by atoms with Crippen LogP contribution in [0.2, 0.25) is 5.15 Å². The van der Waals surface area contributed by atoms with Crippen LogP contribution in [-0.2, 0) is 13.2 Å². The van der Waals surface area contributed by atoms with E-state index in [1.54, 1.807) is 34.7 Å². The summed E-state index contributed by atoms with van der Waals surface area (Å²) in [5, 5.41) is 3.45.